The van der Waals surface area contributed by atoms with Crippen molar-refractivity contribution in [1.82, 2.24) is 10.2 Å². The summed E-state index contributed by atoms with van der Waals surface area (Å²) >= 11 is 1.63. The molecule has 28 heavy (non-hydrogen) atoms. The fourth-order valence-electron chi connectivity index (χ4n) is 3.98. The molecule has 1 N–H and O–H groups in total. The molecule has 0 spiro atoms. The minimum Gasteiger partial charge on any atom is -0.379 e. The molecule has 1 heterocycles. The number of nitrogens with one attached hydrogen (secondary N) is 1. The van der Waals surface area contributed by atoms with Crippen LogP contribution in [0, 0.1) is 0 Å². The van der Waals surface area contributed by atoms with Crippen molar-refractivity contribution in [2.24, 2.45) is 0 Å². The minimum absolute atomic E-state index is 0.00687. The predicted octanol–water partition coefficient (Wildman–Crippen LogP) is 3.46. The number of thioether (sulfide) groups is 1. The molecule has 1 aliphatic carbocycles. The number of ether oxygens (including phenoxy) is 1. The van der Waals surface area contributed by atoms with E-state index in [4.69, 9.17) is 4.74 Å². The molecule has 148 valence electrons. The van der Waals surface area contributed by atoms with Crippen LogP contribution in [0.3, 0.4) is 0 Å². The average Bonchev–Trinajstić information content (AvgIpc) is 3.21. The Kier molecular flexibility index (Phi) is 6.68. The zero-order chi connectivity index (χ0) is 19.2. The molecule has 0 bridgehead atoms. The maximum atomic E-state index is 12.7. The van der Waals surface area contributed by atoms with Gasteiger partial charge in [-0.25, -0.2) is 0 Å². The Labute approximate surface area is 171 Å². The van der Waals surface area contributed by atoms with E-state index in [1.54, 1.807) is 11.8 Å². The predicted molar refractivity (Wildman–Crippen MR) is 114 cm³/mol. The molecule has 4 rings (SSSR count). The number of morpholine rings is 1. The van der Waals surface area contributed by atoms with Crippen molar-refractivity contribution in [2.75, 3.05) is 38.6 Å². The number of carbonyl (C=O) groups excluding carboxylic acids is 1. The molecule has 2 aromatic rings. The van der Waals surface area contributed by atoms with Crippen molar-refractivity contribution in [1.29, 1.82) is 0 Å². The van der Waals surface area contributed by atoms with E-state index in [1.165, 1.54) is 35.3 Å². The van der Waals surface area contributed by atoms with Crippen LogP contribution in [-0.4, -0.2) is 49.4 Å². The Morgan fingerprint density at radius 2 is 1.86 bits per heavy atom. The molecule has 1 aliphatic heterocycles. The molecule has 2 aromatic carbocycles. The van der Waals surface area contributed by atoms with Crippen molar-refractivity contribution >= 4 is 17.7 Å². The number of hydrogen-bond donors (Lipinski definition) is 1. The second-order valence-electron chi connectivity index (χ2n) is 7.52. The lowest BCUT2D eigenvalue weighted by Crippen LogP contribution is -2.43. The van der Waals surface area contributed by atoms with Gasteiger partial charge in [0.25, 0.3) is 0 Å². The molecule has 1 atom stereocenters. The van der Waals surface area contributed by atoms with Crippen LogP contribution in [0.15, 0.2) is 53.4 Å². The van der Waals surface area contributed by atoms with E-state index >= 15 is 0 Å². The van der Waals surface area contributed by atoms with E-state index in [0.29, 0.717) is 5.75 Å². The molecule has 0 aromatic heterocycles. The zero-order valence-electron chi connectivity index (χ0n) is 16.2. The molecule has 1 amide bonds. The quantitative estimate of drug-likeness (QED) is 0.728. The van der Waals surface area contributed by atoms with Crippen LogP contribution >= 0.6 is 11.8 Å². The third kappa shape index (κ3) is 5.16. The number of rotatable bonds is 7. The molecular formula is C23H28N2O2S. The van der Waals surface area contributed by atoms with Crippen LogP contribution in [0.5, 0.6) is 0 Å². The number of hydrogen-bond acceptors (Lipinski definition) is 4. The first-order valence-corrected chi connectivity index (χ1v) is 11.2. The number of carbonyl (C=O) groups is 1. The van der Waals surface area contributed by atoms with Gasteiger partial charge in [0, 0.05) is 24.5 Å². The molecule has 4 nitrogen and oxygen atoms in total. The van der Waals surface area contributed by atoms with Crippen LogP contribution < -0.4 is 5.32 Å². The number of fused-ring (bicyclic) bond motifs is 1. The number of amides is 1. The smallest absolute Gasteiger partial charge is 0.230 e. The van der Waals surface area contributed by atoms with Gasteiger partial charge in [0.1, 0.15) is 0 Å². The largest absolute Gasteiger partial charge is 0.379 e. The van der Waals surface area contributed by atoms with Crippen LogP contribution in [0.2, 0.25) is 0 Å². The number of nitrogens with zero attached hydrogens (tertiary/aromatic N) is 1. The van der Waals surface area contributed by atoms with Gasteiger partial charge in [0.05, 0.1) is 25.0 Å². The van der Waals surface area contributed by atoms with E-state index in [1.807, 2.05) is 18.2 Å². The highest BCUT2D eigenvalue weighted by Crippen LogP contribution is 2.27. The van der Waals surface area contributed by atoms with Crippen molar-refractivity contribution in [2.45, 2.75) is 30.2 Å². The summed E-state index contributed by atoms with van der Waals surface area (Å²) in [7, 11) is 0. The third-order valence-corrected chi connectivity index (χ3v) is 6.52. The average molecular weight is 397 g/mol. The first-order chi connectivity index (χ1) is 13.8. The Morgan fingerprint density at radius 1 is 1.07 bits per heavy atom. The lowest BCUT2D eigenvalue weighted by atomic mass is 10.1. The maximum Gasteiger partial charge on any atom is 0.230 e. The first-order valence-electron chi connectivity index (χ1n) is 10.2. The van der Waals surface area contributed by atoms with E-state index < -0.39 is 0 Å². The van der Waals surface area contributed by atoms with E-state index in [2.05, 4.69) is 40.5 Å². The first kappa shape index (κ1) is 19.5. The van der Waals surface area contributed by atoms with Crippen molar-refractivity contribution in [3.05, 3.63) is 65.2 Å². The van der Waals surface area contributed by atoms with E-state index in [9.17, 15) is 4.79 Å². The summed E-state index contributed by atoms with van der Waals surface area (Å²) in [5.41, 5.74) is 4.09. The Hall–Kier alpha value is -1.82. The SMILES string of the molecule is O=C(CSc1ccc2c(c1)CCC2)N[C@@H](CN1CCOCC1)c1ccccc1. The van der Waals surface area contributed by atoms with Gasteiger partial charge in [-0.15, -0.1) is 11.8 Å². The summed E-state index contributed by atoms with van der Waals surface area (Å²) in [4.78, 5) is 16.3. The van der Waals surface area contributed by atoms with E-state index in [-0.39, 0.29) is 11.9 Å². The summed E-state index contributed by atoms with van der Waals surface area (Å²) in [6.45, 7) is 4.20. The number of benzene rings is 2. The Balaban J connectivity index is 1.36. The molecule has 0 radical (unpaired) electrons. The standard InChI is InChI=1S/C23H28N2O2S/c26-23(17-28-21-10-9-18-7-4-8-20(18)15-21)24-22(19-5-2-1-3-6-19)16-25-11-13-27-14-12-25/h1-3,5-6,9-10,15,22H,4,7-8,11-14,16-17H2,(H,24,26)/t22-/m0/s1. The Bertz CT molecular complexity index is 790. The zero-order valence-corrected chi connectivity index (χ0v) is 17.0. The van der Waals surface area contributed by atoms with Crippen LogP contribution in [-0.2, 0) is 22.4 Å². The van der Waals surface area contributed by atoms with Gasteiger partial charge in [-0.2, -0.15) is 0 Å². The topological polar surface area (TPSA) is 41.6 Å². The summed E-state index contributed by atoms with van der Waals surface area (Å²) < 4.78 is 5.45. The van der Waals surface area contributed by atoms with Crippen molar-refractivity contribution in [3.8, 4) is 0 Å². The normalized spacial score (nSPS) is 17.9. The second kappa shape index (κ2) is 9.59. The van der Waals surface area contributed by atoms with Crippen molar-refractivity contribution in [3.63, 3.8) is 0 Å². The molecule has 2 aliphatic rings. The molecular weight excluding hydrogens is 368 g/mol. The van der Waals surface area contributed by atoms with Gasteiger partial charge in [0.15, 0.2) is 0 Å². The van der Waals surface area contributed by atoms with Gasteiger partial charge < -0.3 is 10.1 Å². The summed E-state index contributed by atoms with van der Waals surface area (Å²) in [5, 5.41) is 3.26. The van der Waals surface area contributed by atoms with Crippen LogP contribution in [0.1, 0.15) is 29.2 Å². The summed E-state index contributed by atoms with van der Waals surface area (Å²) in [5.74, 6) is 0.540. The number of aryl methyl sites for hydroxylation is 2. The lowest BCUT2D eigenvalue weighted by Gasteiger charge is -2.31. The Morgan fingerprint density at radius 3 is 2.68 bits per heavy atom. The van der Waals surface area contributed by atoms with Crippen LogP contribution in [0.4, 0.5) is 0 Å². The van der Waals surface area contributed by atoms with Gasteiger partial charge in [-0.3, -0.25) is 9.69 Å². The van der Waals surface area contributed by atoms with Gasteiger partial charge in [-0.05, 0) is 48.1 Å². The van der Waals surface area contributed by atoms with Gasteiger partial charge >= 0.3 is 0 Å². The molecule has 5 heteroatoms. The van der Waals surface area contributed by atoms with Crippen LogP contribution in [0.25, 0.3) is 0 Å². The maximum absolute atomic E-state index is 12.7. The van der Waals surface area contributed by atoms with E-state index in [0.717, 1.165) is 38.4 Å². The third-order valence-electron chi connectivity index (χ3n) is 5.52. The van der Waals surface area contributed by atoms with Gasteiger partial charge in [-0.1, -0.05) is 36.4 Å². The molecule has 0 saturated carbocycles. The summed E-state index contributed by atoms with van der Waals surface area (Å²) in [6.07, 6.45) is 3.62. The monoisotopic (exact) mass is 396 g/mol. The second-order valence-corrected chi connectivity index (χ2v) is 8.57. The van der Waals surface area contributed by atoms with Gasteiger partial charge in [0.2, 0.25) is 5.91 Å². The van der Waals surface area contributed by atoms with Crippen molar-refractivity contribution < 1.29 is 9.53 Å². The fourth-order valence-corrected chi connectivity index (χ4v) is 4.76. The molecule has 0 unspecified atom stereocenters. The highest BCUT2D eigenvalue weighted by Gasteiger charge is 2.20. The molecule has 1 saturated heterocycles. The minimum atomic E-state index is 0.00687. The fraction of sp³-hybridized carbons (Fsp3) is 0.435. The highest BCUT2D eigenvalue weighted by atomic mass is 32.2. The summed E-state index contributed by atoms with van der Waals surface area (Å²) in [6, 6.07) is 16.9. The highest BCUT2D eigenvalue weighted by molar-refractivity contribution is 8.00. The molecule has 1 fully saturated rings. The lowest BCUT2D eigenvalue weighted by molar-refractivity contribution is -0.119.